The Kier molecular flexibility index (Phi) is 9.92. The fraction of sp³-hybridized carbons (Fsp3) is 0.269. The van der Waals surface area contributed by atoms with E-state index in [2.05, 4.69) is 5.32 Å². The van der Waals surface area contributed by atoms with Crippen LogP contribution in [0.5, 0.6) is 0 Å². The summed E-state index contributed by atoms with van der Waals surface area (Å²) in [6, 6.07) is 19.3. The maximum atomic E-state index is 13.5. The Hall–Kier alpha value is -2.19. The van der Waals surface area contributed by atoms with Crippen LogP contribution in [-0.2, 0) is 20.6 Å². The van der Waals surface area contributed by atoms with Crippen LogP contribution >= 0.6 is 35.0 Å². The Morgan fingerprint density at radius 2 is 1.69 bits per heavy atom. The number of carbonyl (C=O) groups excluding carboxylic acids is 1. The number of nitrogens with one attached hydrogen (secondary N) is 1. The summed E-state index contributed by atoms with van der Waals surface area (Å²) in [7, 11) is -3.98. The molecule has 0 saturated carbocycles. The largest absolute Gasteiger partial charge is 0.354 e. The van der Waals surface area contributed by atoms with Crippen LogP contribution < -0.4 is 9.62 Å². The number of benzene rings is 3. The van der Waals surface area contributed by atoms with Crippen molar-refractivity contribution in [3.8, 4) is 0 Å². The fourth-order valence-corrected chi connectivity index (χ4v) is 6.16. The highest BCUT2D eigenvalue weighted by molar-refractivity contribution is 7.98. The third-order valence-corrected chi connectivity index (χ3v) is 8.64. The van der Waals surface area contributed by atoms with Crippen molar-refractivity contribution in [1.29, 1.82) is 0 Å². The van der Waals surface area contributed by atoms with Crippen LogP contribution in [0.15, 0.2) is 71.6 Å². The number of thioether (sulfide) groups is 1. The van der Waals surface area contributed by atoms with Crippen LogP contribution in [0.25, 0.3) is 0 Å². The van der Waals surface area contributed by atoms with E-state index in [0.29, 0.717) is 22.8 Å². The molecule has 0 bridgehead atoms. The molecule has 3 rings (SSSR count). The van der Waals surface area contributed by atoms with E-state index in [9.17, 15) is 13.2 Å². The number of hydrogen-bond acceptors (Lipinski definition) is 4. The highest BCUT2D eigenvalue weighted by Crippen LogP contribution is 2.29. The lowest BCUT2D eigenvalue weighted by Crippen LogP contribution is -2.41. The van der Waals surface area contributed by atoms with Gasteiger partial charge in [-0.25, -0.2) is 8.42 Å². The van der Waals surface area contributed by atoms with Gasteiger partial charge in [-0.1, -0.05) is 59.1 Å². The first kappa shape index (κ1) is 27.4. The molecule has 0 unspecified atom stereocenters. The van der Waals surface area contributed by atoms with Gasteiger partial charge in [-0.05, 0) is 73.5 Å². The Morgan fingerprint density at radius 1 is 0.971 bits per heavy atom. The topological polar surface area (TPSA) is 66.5 Å². The van der Waals surface area contributed by atoms with Crippen molar-refractivity contribution >= 4 is 56.6 Å². The molecule has 35 heavy (non-hydrogen) atoms. The molecule has 0 aliphatic heterocycles. The van der Waals surface area contributed by atoms with E-state index in [4.69, 9.17) is 23.2 Å². The Labute approximate surface area is 221 Å². The number of aryl methyl sites for hydroxylation is 2. The van der Waals surface area contributed by atoms with Gasteiger partial charge in [-0.3, -0.25) is 9.10 Å². The van der Waals surface area contributed by atoms with Gasteiger partial charge >= 0.3 is 0 Å². The summed E-state index contributed by atoms with van der Waals surface area (Å²) in [4.78, 5) is 12.9. The van der Waals surface area contributed by atoms with Crippen LogP contribution in [0.3, 0.4) is 0 Å². The minimum absolute atomic E-state index is 0.118. The van der Waals surface area contributed by atoms with Gasteiger partial charge in [0.05, 0.1) is 10.6 Å². The predicted molar refractivity (Wildman–Crippen MR) is 147 cm³/mol. The predicted octanol–water partition coefficient (Wildman–Crippen LogP) is 6.25. The first-order chi connectivity index (χ1) is 16.7. The summed E-state index contributed by atoms with van der Waals surface area (Å²) in [5, 5.41) is 3.96. The summed E-state index contributed by atoms with van der Waals surface area (Å²) in [5.41, 5.74) is 3.18. The maximum Gasteiger partial charge on any atom is 0.264 e. The molecule has 9 heteroatoms. The van der Waals surface area contributed by atoms with Gasteiger partial charge in [0.25, 0.3) is 10.0 Å². The van der Waals surface area contributed by atoms with Crippen LogP contribution in [0, 0.1) is 13.8 Å². The second-order valence-corrected chi connectivity index (χ2v) is 12.0. The molecule has 0 spiro atoms. The van der Waals surface area contributed by atoms with Gasteiger partial charge in [0.1, 0.15) is 6.54 Å². The van der Waals surface area contributed by atoms with E-state index in [-0.39, 0.29) is 17.3 Å². The van der Waals surface area contributed by atoms with Gasteiger partial charge < -0.3 is 5.32 Å². The van der Waals surface area contributed by atoms with Crippen molar-refractivity contribution in [3.05, 3.63) is 93.5 Å². The van der Waals surface area contributed by atoms with Crippen molar-refractivity contribution in [2.24, 2.45) is 0 Å². The summed E-state index contributed by atoms with van der Waals surface area (Å²) >= 11 is 13.9. The number of hydrogen-bond donors (Lipinski definition) is 1. The lowest BCUT2D eigenvalue weighted by Gasteiger charge is -2.26. The lowest BCUT2D eigenvalue weighted by molar-refractivity contribution is -0.119. The van der Waals surface area contributed by atoms with Crippen LogP contribution in [0.2, 0.25) is 10.0 Å². The monoisotopic (exact) mass is 550 g/mol. The summed E-state index contributed by atoms with van der Waals surface area (Å²) in [6.07, 6.45) is 0.762. The smallest absolute Gasteiger partial charge is 0.264 e. The second-order valence-electron chi connectivity index (χ2n) is 8.14. The number of anilines is 1. The molecule has 0 aliphatic rings. The summed E-state index contributed by atoms with van der Waals surface area (Å²) in [6.45, 7) is 3.79. The molecule has 3 aromatic carbocycles. The van der Waals surface area contributed by atoms with Gasteiger partial charge in [-0.15, -0.1) is 0 Å². The van der Waals surface area contributed by atoms with Gasteiger partial charge in [0, 0.05) is 22.3 Å². The molecule has 0 radical (unpaired) electrons. The molecule has 0 aromatic heterocycles. The zero-order valence-electron chi connectivity index (χ0n) is 19.6. The van der Waals surface area contributed by atoms with Crippen LogP contribution in [-0.4, -0.2) is 33.2 Å². The average Bonchev–Trinajstić information content (AvgIpc) is 2.81. The Balaban J connectivity index is 1.63. The molecule has 5 nitrogen and oxygen atoms in total. The standard InChI is InChI=1S/C26H28Cl2N2O3S2/c1-19-7-11-24(12-8-19)35(32,33)30(25-16-23(28)10-9-20(25)2)17-26(31)29-13-4-14-34-18-21-5-3-6-22(27)15-21/h3,5-12,15-16H,4,13-14,17-18H2,1-2H3,(H,29,31). The third-order valence-electron chi connectivity index (χ3n) is 5.28. The number of sulfonamides is 1. The van der Waals surface area contributed by atoms with E-state index in [0.717, 1.165) is 38.4 Å². The molecule has 186 valence electrons. The van der Waals surface area contributed by atoms with E-state index in [1.165, 1.54) is 0 Å². The molecular weight excluding hydrogens is 523 g/mol. The van der Waals surface area contributed by atoms with Crippen molar-refractivity contribution in [1.82, 2.24) is 5.32 Å². The molecule has 3 aromatic rings. The highest BCUT2D eigenvalue weighted by Gasteiger charge is 2.28. The second kappa shape index (κ2) is 12.7. The number of nitrogens with zero attached hydrogens (tertiary/aromatic N) is 1. The molecule has 1 N–H and O–H groups in total. The van der Waals surface area contributed by atoms with Crippen molar-refractivity contribution in [2.45, 2.75) is 30.9 Å². The van der Waals surface area contributed by atoms with Crippen LogP contribution in [0.1, 0.15) is 23.1 Å². The van der Waals surface area contributed by atoms with Gasteiger partial charge in [-0.2, -0.15) is 11.8 Å². The minimum atomic E-state index is -3.98. The molecular formula is C26H28Cl2N2O3S2. The average molecular weight is 552 g/mol. The number of carbonyl (C=O) groups is 1. The molecule has 0 aliphatic carbocycles. The normalized spacial score (nSPS) is 11.3. The molecule has 0 heterocycles. The first-order valence-electron chi connectivity index (χ1n) is 11.1. The van der Waals surface area contributed by atoms with E-state index >= 15 is 0 Å². The number of amides is 1. The Bertz CT molecular complexity index is 1270. The summed E-state index contributed by atoms with van der Waals surface area (Å²) < 4.78 is 28.1. The first-order valence-corrected chi connectivity index (χ1v) is 14.5. The van der Waals surface area contributed by atoms with E-state index in [1.807, 2.05) is 31.2 Å². The third kappa shape index (κ3) is 7.90. The number of halogens is 2. The minimum Gasteiger partial charge on any atom is -0.354 e. The fourth-order valence-electron chi connectivity index (χ4n) is 3.39. The van der Waals surface area contributed by atoms with Crippen molar-refractivity contribution in [3.63, 3.8) is 0 Å². The maximum absolute atomic E-state index is 13.5. The Morgan fingerprint density at radius 3 is 2.40 bits per heavy atom. The van der Waals surface area contributed by atoms with Crippen LogP contribution in [0.4, 0.5) is 5.69 Å². The van der Waals surface area contributed by atoms with E-state index < -0.39 is 10.0 Å². The van der Waals surface area contributed by atoms with Crippen molar-refractivity contribution < 1.29 is 13.2 Å². The molecule has 0 saturated heterocycles. The quantitative estimate of drug-likeness (QED) is 0.287. The zero-order chi connectivity index (χ0) is 25.4. The van der Waals surface area contributed by atoms with Crippen molar-refractivity contribution in [2.75, 3.05) is 23.1 Å². The lowest BCUT2D eigenvalue weighted by atomic mass is 10.2. The van der Waals surface area contributed by atoms with E-state index in [1.54, 1.807) is 61.2 Å². The number of rotatable bonds is 11. The zero-order valence-corrected chi connectivity index (χ0v) is 22.8. The molecule has 0 atom stereocenters. The molecule has 1 amide bonds. The SMILES string of the molecule is Cc1ccc(S(=O)(=O)N(CC(=O)NCCCSCc2cccc(Cl)c2)c2cc(Cl)ccc2C)cc1. The van der Waals surface area contributed by atoms with Gasteiger partial charge in [0.2, 0.25) is 5.91 Å². The highest BCUT2D eigenvalue weighted by atomic mass is 35.5. The summed E-state index contributed by atoms with van der Waals surface area (Å²) in [5.74, 6) is 1.32. The van der Waals surface area contributed by atoms with Gasteiger partial charge in [0.15, 0.2) is 0 Å². The molecule has 0 fully saturated rings.